The third-order valence-electron chi connectivity index (χ3n) is 3.62. The fraction of sp³-hybridized carbons (Fsp3) is 0.235. The van der Waals surface area contributed by atoms with Gasteiger partial charge in [0.2, 0.25) is 0 Å². The van der Waals surface area contributed by atoms with Crippen LogP contribution in [-0.2, 0) is 18.0 Å². The first-order chi connectivity index (χ1) is 11.2. The summed E-state index contributed by atoms with van der Waals surface area (Å²) >= 11 is 0. The minimum absolute atomic E-state index is 0.0909. The summed E-state index contributed by atoms with van der Waals surface area (Å²) < 4.78 is 5.61. The number of hydrogen-bond donors (Lipinski definition) is 1. The SMILES string of the molecule is O=[N+]([O-])c1ccccc1COCc1ccc(C2=NCCN2)cc1. The Morgan fingerprint density at radius 3 is 2.61 bits per heavy atom. The van der Waals surface area contributed by atoms with Crippen LogP contribution in [0.5, 0.6) is 0 Å². The number of hydrogen-bond acceptors (Lipinski definition) is 5. The molecule has 6 nitrogen and oxygen atoms in total. The van der Waals surface area contributed by atoms with Crippen molar-refractivity contribution in [1.29, 1.82) is 0 Å². The average molecular weight is 311 g/mol. The minimum Gasteiger partial charge on any atom is -0.372 e. The first-order valence-electron chi connectivity index (χ1n) is 7.42. The van der Waals surface area contributed by atoms with Crippen molar-refractivity contribution in [2.45, 2.75) is 13.2 Å². The second-order valence-electron chi connectivity index (χ2n) is 5.23. The minimum atomic E-state index is -0.386. The zero-order valence-corrected chi connectivity index (χ0v) is 12.6. The van der Waals surface area contributed by atoms with Gasteiger partial charge in [0.1, 0.15) is 5.84 Å². The zero-order chi connectivity index (χ0) is 16.1. The van der Waals surface area contributed by atoms with E-state index < -0.39 is 0 Å². The highest BCUT2D eigenvalue weighted by atomic mass is 16.6. The van der Waals surface area contributed by atoms with Crippen LogP contribution < -0.4 is 5.32 Å². The summed E-state index contributed by atoms with van der Waals surface area (Å²) in [7, 11) is 0. The fourth-order valence-electron chi connectivity index (χ4n) is 2.44. The molecule has 0 radical (unpaired) electrons. The molecule has 0 aromatic heterocycles. The Hall–Kier alpha value is -2.73. The number of ether oxygens (including phenoxy) is 1. The van der Waals surface area contributed by atoms with Crippen molar-refractivity contribution in [2.75, 3.05) is 13.1 Å². The van der Waals surface area contributed by atoms with Crippen molar-refractivity contribution < 1.29 is 9.66 Å². The number of amidine groups is 1. The third-order valence-corrected chi connectivity index (χ3v) is 3.62. The molecule has 0 fully saturated rings. The molecule has 0 saturated heterocycles. The van der Waals surface area contributed by atoms with Crippen LogP contribution in [0.15, 0.2) is 53.5 Å². The summed E-state index contributed by atoms with van der Waals surface area (Å²) in [6.45, 7) is 2.32. The van der Waals surface area contributed by atoms with Gasteiger partial charge in [-0.3, -0.25) is 15.1 Å². The number of aliphatic imine (C=N–C) groups is 1. The van der Waals surface area contributed by atoms with E-state index in [1.165, 1.54) is 6.07 Å². The predicted octanol–water partition coefficient (Wildman–Crippen LogP) is 2.66. The number of nitro groups is 1. The first kappa shape index (κ1) is 15.2. The lowest BCUT2D eigenvalue weighted by Crippen LogP contribution is -2.19. The summed E-state index contributed by atoms with van der Waals surface area (Å²) in [5.41, 5.74) is 2.75. The van der Waals surface area contributed by atoms with Gasteiger partial charge in [-0.05, 0) is 11.6 Å². The molecule has 0 spiro atoms. The predicted molar refractivity (Wildman–Crippen MR) is 87.4 cm³/mol. The van der Waals surface area contributed by atoms with Crippen LogP contribution in [-0.4, -0.2) is 23.8 Å². The Balaban J connectivity index is 1.58. The molecular weight excluding hydrogens is 294 g/mol. The van der Waals surface area contributed by atoms with E-state index in [2.05, 4.69) is 10.3 Å². The molecular formula is C17H17N3O3. The first-order valence-corrected chi connectivity index (χ1v) is 7.42. The molecule has 23 heavy (non-hydrogen) atoms. The van der Waals surface area contributed by atoms with Crippen molar-refractivity contribution in [1.82, 2.24) is 5.32 Å². The maximum absolute atomic E-state index is 11.0. The van der Waals surface area contributed by atoms with Crippen LogP contribution in [0.4, 0.5) is 5.69 Å². The second-order valence-corrected chi connectivity index (χ2v) is 5.23. The van der Waals surface area contributed by atoms with E-state index in [0.717, 1.165) is 30.1 Å². The molecule has 1 N–H and O–H groups in total. The van der Waals surface area contributed by atoms with Gasteiger partial charge in [0.15, 0.2) is 0 Å². The third kappa shape index (κ3) is 3.73. The summed E-state index contributed by atoms with van der Waals surface area (Å²) in [5, 5.41) is 14.2. The zero-order valence-electron chi connectivity index (χ0n) is 12.6. The Bertz CT molecular complexity index is 726. The highest BCUT2D eigenvalue weighted by molar-refractivity contribution is 5.99. The molecule has 0 atom stereocenters. The Morgan fingerprint density at radius 1 is 1.13 bits per heavy atom. The maximum atomic E-state index is 11.0. The van der Waals surface area contributed by atoms with Gasteiger partial charge in [0.05, 0.1) is 30.2 Å². The molecule has 2 aromatic rings. The van der Waals surface area contributed by atoms with Crippen molar-refractivity contribution in [2.24, 2.45) is 4.99 Å². The molecule has 3 rings (SSSR count). The summed E-state index contributed by atoms with van der Waals surface area (Å²) in [6.07, 6.45) is 0. The van der Waals surface area contributed by atoms with E-state index in [4.69, 9.17) is 4.74 Å². The van der Waals surface area contributed by atoms with Gasteiger partial charge in [0.25, 0.3) is 5.69 Å². The summed E-state index contributed by atoms with van der Waals surface area (Å²) in [6, 6.07) is 14.6. The lowest BCUT2D eigenvalue weighted by molar-refractivity contribution is -0.386. The number of para-hydroxylation sites is 1. The Labute approximate surface area is 134 Å². The Morgan fingerprint density at radius 2 is 1.91 bits per heavy atom. The van der Waals surface area contributed by atoms with Crippen LogP contribution >= 0.6 is 0 Å². The highest BCUT2D eigenvalue weighted by Crippen LogP contribution is 2.19. The summed E-state index contributed by atoms with van der Waals surface area (Å²) in [4.78, 5) is 14.9. The lowest BCUT2D eigenvalue weighted by Gasteiger charge is -2.07. The Kier molecular flexibility index (Phi) is 4.63. The molecule has 0 unspecified atom stereocenters. The van der Waals surface area contributed by atoms with E-state index in [0.29, 0.717) is 12.2 Å². The number of nitro benzene ring substituents is 1. The molecule has 1 aliphatic rings. The topological polar surface area (TPSA) is 76.8 Å². The van der Waals surface area contributed by atoms with Gasteiger partial charge < -0.3 is 10.1 Å². The molecule has 6 heteroatoms. The molecule has 0 bridgehead atoms. The number of benzene rings is 2. The maximum Gasteiger partial charge on any atom is 0.274 e. The molecule has 2 aromatic carbocycles. The van der Waals surface area contributed by atoms with E-state index in [1.54, 1.807) is 18.2 Å². The molecule has 0 saturated carbocycles. The smallest absolute Gasteiger partial charge is 0.274 e. The van der Waals surface area contributed by atoms with Crippen LogP contribution in [0, 0.1) is 10.1 Å². The van der Waals surface area contributed by atoms with Crippen LogP contribution in [0.1, 0.15) is 16.7 Å². The van der Waals surface area contributed by atoms with Crippen molar-refractivity contribution >= 4 is 11.5 Å². The second kappa shape index (κ2) is 7.02. The van der Waals surface area contributed by atoms with E-state index in [-0.39, 0.29) is 17.2 Å². The average Bonchev–Trinajstić information content (AvgIpc) is 3.10. The van der Waals surface area contributed by atoms with Crippen molar-refractivity contribution in [3.8, 4) is 0 Å². The van der Waals surface area contributed by atoms with E-state index >= 15 is 0 Å². The molecule has 118 valence electrons. The normalized spacial score (nSPS) is 13.5. The number of nitrogens with zero attached hydrogens (tertiary/aromatic N) is 2. The quantitative estimate of drug-likeness (QED) is 0.657. The van der Waals surface area contributed by atoms with Gasteiger partial charge >= 0.3 is 0 Å². The van der Waals surface area contributed by atoms with Gasteiger partial charge in [-0.2, -0.15) is 0 Å². The lowest BCUT2D eigenvalue weighted by atomic mass is 10.1. The van der Waals surface area contributed by atoms with Crippen LogP contribution in [0.3, 0.4) is 0 Å². The van der Waals surface area contributed by atoms with E-state index in [1.807, 2.05) is 24.3 Å². The monoisotopic (exact) mass is 311 g/mol. The van der Waals surface area contributed by atoms with Gasteiger partial charge in [0, 0.05) is 18.2 Å². The molecule has 1 aliphatic heterocycles. The molecule has 1 heterocycles. The molecule has 0 amide bonds. The van der Waals surface area contributed by atoms with Gasteiger partial charge in [-0.25, -0.2) is 0 Å². The van der Waals surface area contributed by atoms with Crippen LogP contribution in [0.2, 0.25) is 0 Å². The molecule has 0 aliphatic carbocycles. The number of rotatable bonds is 6. The van der Waals surface area contributed by atoms with Gasteiger partial charge in [-0.1, -0.05) is 36.4 Å². The summed E-state index contributed by atoms with van der Waals surface area (Å²) in [5.74, 6) is 0.928. The van der Waals surface area contributed by atoms with Crippen LogP contribution in [0.25, 0.3) is 0 Å². The largest absolute Gasteiger partial charge is 0.372 e. The van der Waals surface area contributed by atoms with Gasteiger partial charge in [-0.15, -0.1) is 0 Å². The van der Waals surface area contributed by atoms with Crippen molar-refractivity contribution in [3.63, 3.8) is 0 Å². The highest BCUT2D eigenvalue weighted by Gasteiger charge is 2.12. The number of nitrogens with one attached hydrogen (secondary N) is 1. The fourth-order valence-corrected chi connectivity index (χ4v) is 2.44. The standard InChI is InChI=1S/C17H17N3O3/c21-20(22)16-4-2-1-3-15(16)12-23-11-13-5-7-14(8-6-13)17-18-9-10-19-17/h1-8H,9-12H2,(H,18,19). The van der Waals surface area contributed by atoms with E-state index in [9.17, 15) is 10.1 Å². The van der Waals surface area contributed by atoms with Crippen molar-refractivity contribution in [3.05, 3.63) is 75.3 Å².